The third-order valence-corrected chi connectivity index (χ3v) is 17.8. The topological polar surface area (TPSA) is 263 Å². The second-order valence-electron chi connectivity index (χ2n) is 24.3. The van der Waals surface area contributed by atoms with Crippen molar-refractivity contribution in [1.82, 2.24) is 10.6 Å². The Labute approximate surface area is 514 Å². The van der Waals surface area contributed by atoms with Gasteiger partial charge in [0.1, 0.15) is 35.3 Å². The molecular weight excluding hydrogens is 1270 g/mol. The van der Waals surface area contributed by atoms with Crippen LogP contribution in [0.3, 0.4) is 0 Å². The van der Waals surface area contributed by atoms with Crippen LogP contribution in [-0.2, 0) is 52.2 Å². The summed E-state index contributed by atoms with van der Waals surface area (Å²) in [5, 5.41) is 53.4. The summed E-state index contributed by atoms with van der Waals surface area (Å²) in [5.41, 5.74) is -3.84. The molecule has 8 unspecified atom stereocenters. The molecule has 0 saturated carbocycles. The van der Waals surface area contributed by atoms with Crippen LogP contribution in [0.2, 0.25) is 0 Å². The number of rotatable bonds is 17. The predicted molar refractivity (Wildman–Crippen MR) is 293 cm³/mol. The van der Waals surface area contributed by atoms with Gasteiger partial charge in [-0.05, 0) is 116 Å². The number of amides is 3. The first-order valence-electron chi connectivity index (χ1n) is 29.1. The van der Waals surface area contributed by atoms with Crippen LogP contribution in [0.25, 0.3) is 0 Å². The van der Waals surface area contributed by atoms with Crippen molar-refractivity contribution in [2.75, 3.05) is 62.8 Å². The quantitative estimate of drug-likeness (QED) is 0.0596. The number of aliphatic hydroxyl groups is 4. The van der Waals surface area contributed by atoms with Crippen LogP contribution >= 0.6 is 0 Å². The second kappa shape index (κ2) is 30.2. The van der Waals surface area contributed by atoms with Gasteiger partial charge in [-0.2, -0.15) is 0 Å². The van der Waals surface area contributed by atoms with E-state index in [1.807, 2.05) is 39.5 Å². The molecular formula is C58H95AcFN4O17. The molecule has 3 amide bonds. The van der Waals surface area contributed by atoms with Gasteiger partial charge < -0.3 is 78.6 Å². The Morgan fingerprint density at radius 3 is 2.20 bits per heavy atom. The third-order valence-electron chi connectivity index (χ3n) is 17.8. The summed E-state index contributed by atoms with van der Waals surface area (Å²) < 4.78 is 70.3. The molecule has 5 saturated heterocycles. The Bertz CT molecular complexity index is 2210. The van der Waals surface area contributed by atoms with E-state index in [9.17, 15) is 39.6 Å². The van der Waals surface area contributed by atoms with Crippen LogP contribution in [-0.4, -0.2) is 182 Å². The Morgan fingerprint density at radius 1 is 0.852 bits per heavy atom. The first-order chi connectivity index (χ1) is 37.6. The third kappa shape index (κ3) is 17.4. The van der Waals surface area contributed by atoms with Crippen molar-refractivity contribution in [2.45, 2.75) is 219 Å². The van der Waals surface area contributed by atoms with Crippen molar-refractivity contribution in [3.8, 4) is 0 Å². The molecule has 0 bridgehead atoms. The summed E-state index contributed by atoms with van der Waals surface area (Å²) >= 11 is 0. The van der Waals surface area contributed by atoms with Crippen molar-refractivity contribution in [3.05, 3.63) is 24.0 Å². The number of nitrogens with one attached hydrogen (secondary N) is 2. The maximum atomic E-state index is 15.1. The standard InChI is InChI=1S/C58H95FN4O17.Ac/c1-14-44-58(12,71)49(66)36(6)35(5)33(3)28-56(10,70)50(79-53-47(65)32(2)26-34(4)74-53)37(7)48(38(8)52(67)77-44)78-46-29-57(11,72-13)51(39(9)75-46)80-54(68)60-21-17-15-16-18-45(64)61-30-41-31-63(55(69)76-41)40-19-20-43(42(59)27-40)62-22-24-73-25-23-62;/h19-20,27,32-39,41,44,46-51,53,65-66,70-71H,14-18,21-26,28-31H2,1-13H3,(H,60,68)(H,61,64);/t32?,33-,34?,35+,36+,37+,38-,39?,41+,44-,46?,47?,48+,49-,50-,51?,53?,56-,57?,58-;/m1./s1. The van der Waals surface area contributed by atoms with Crippen LogP contribution < -0.4 is 20.4 Å². The summed E-state index contributed by atoms with van der Waals surface area (Å²) in [6, 6.07) is 4.64. The first kappa shape index (κ1) is 69.2. The first-order valence-corrected chi connectivity index (χ1v) is 29.1. The minimum absolute atomic E-state index is 0. The van der Waals surface area contributed by atoms with Gasteiger partial charge in [-0.15, -0.1) is 0 Å². The number of halogens is 1. The number of carbonyl (C=O) groups is 4. The number of alkyl carbamates (subject to hydrolysis) is 1. The zero-order valence-corrected chi connectivity index (χ0v) is 54.8. The van der Waals surface area contributed by atoms with Gasteiger partial charge in [0.25, 0.3) is 0 Å². The summed E-state index contributed by atoms with van der Waals surface area (Å²) in [7, 11) is 1.49. The second-order valence-corrected chi connectivity index (χ2v) is 24.3. The van der Waals surface area contributed by atoms with E-state index in [0.717, 1.165) is 0 Å². The maximum absolute atomic E-state index is 15.1. The Hall–Kier alpha value is -2.53. The molecule has 1 radical (unpaired) electrons. The van der Waals surface area contributed by atoms with E-state index in [4.69, 9.17) is 42.6 Å². The average Bonchev–Trinajstić information content (AvgIpc) is 3.92. The van der Waals surface area contributed by atoms with E-state index >= 15 is 4.39 Å². The van der Waals surface area contributed by atoms with E-state index in [-0.39, 0.29) is 119 Å². The number of anilines is 2. The Morgan fingerprint density at radius 2 is 1.54 bits per heavy atom. The van der Waals surface area contributed by atoms with Gasteiger partial charge in [0, 0.05) is 89.6 Å². The van der Waals surface area contributed by atoms with Gasteiger partial charge in [-0.3, -0.25) is 14.5 Å². The minimum atomic E-state index is -1.84. The number of nitrogens with zero attached hydrogens (tertiary/aromatic N) is 2. The molecule has 5 aliphatic heterocycles. The average molecular weight is 1370 g/mol. The monoisotopic (exact) mass is 1370 g/mol. The predicted octanol–water partition coefficient (Wildman–Crippen LogP) is 5.97. The number of unbranched alkanes of at least 4 members (excludes halogenated alkanes) is 2. The fourth-order valence-electron chi connectivity index (χ4n) is 12.5. The minimum Gasteiger partial charge on any atom is -0.459 e. The number of carbonyl (C=O) groups excluding carboxylic acids is 4. The number of cyclic esters (lactones) is 2. The van der Waals surface area contributed by atoms with Gasteiger partial charge in [0.05, 0.1) is 79.7 Å². The van der Waals surface area contributed by atoms with Crippen molar-refractivity contribution < 1.29 is 131 Å². The molecule has 81 heavy (non-hydrogen) atoms. The van der Waals surface area contributed by atoms with E-state index in [1.54, 1.807) is 53.7 Å². The molecule has 5 fully saturated rings. The number of aliphatic hydroxyl groups excluding tert-OH is 2. The number of hydrogen-bond donors (Lipinski definition) is 6. The molecule has 0 aromatic heterocycles. The van der Waals surface area contributed by atoms with Gasteiger partial charge >= 0.3 is 18.2 Å². The summed E-state index contributed by atoms with van der Waals surface area (Å²) in [6.07, 6.45) is -8.91. The van der Waals surface area contributed by atoms with Crippen LogP contribution in [0.15, 0.2) is 18.2 Å². The molecule has 1 aromatic carbocycles. The number of ether oxygens (including phenoxy) is 9. The summed E-state index contributed by atoms with van der Waals surface area (Å²) in [6.45, 7) is 24.0. The number of morpholine rings is 1. The van der Waals surface area contributed by atoms with Gasteiger partial charge in [0.2, 0.25) is 5.91 Å². The van der Waals surface area contributed by atoms with E-state index < -0.39 is 120 Å². The molecule has 5 heterocycles. The van der Waals surface area contributed by atoms with Crippen molar-refractivity contribution in [1.29, 1.82) is 0 Å². The fraction of sp³-hybridized carbons (Fsp3) is 0.828. The van der Waals surface area contributed by atoms with Crippen molar-refractivity contribution in [3.63, 3.8) is 0 Å². The van der Waals surface area contributed by atoms with E-state index in [2.05, 4.69) is 10.6 Å². The molecule has 20 atom stereocenters. The largest absolute Gasteiger partial charge is 0.459 e. The molecule has 6 N–H and O–H groups in total. The molecule has 0 spiro atoms. The van der Waals surface area contributed by atoms with E-state index in [0.29, 0.717) is 63.4 Å². The molecule has 0 aliphatic carbocycles. The van der Waals surface area contributed by atoms with Crippen molar-refractivity contribution >= 4 is 35.4 Å². The zero-order chi connectivity index (χ0) is 59.0. The van der Waals surface area contributed by atoms with Crippen molar-refractivity contribution in [2.24, 2.45) is 35.5 Å². The Kier molecular flexibility index (Phi) is 25.8. The molecule has 459 valence electrons. The number of hydrogen-bond acceptors (Lipinski definition) is 18. The Balaban J connectivity index is 0.0000120. The van der Waals surface area contributed by atoms with Crippen LogP contribution in [0.4, 0.5) is 25.4 Å². The van der Waals surface area contributed by atoms with Gasteiger partial charge in [0.15, 0.2) is 18.7 Å². The zero-order valence-electron chi connectivity index (χ0n) is 50.1. The van der Waals surface area contributed by atoms with Crippen LogP contribution in [0.1, 0.15) is 134 Å². The van der Waals surface area contributed by atoms with Crippen LogP contribution in [0, 0.1) is 85.4 Å². The number of esters is 1. The molecule has 21 nitrogen and oxygen atoms in total. The van der Waals surface area contributed by atoms with Gasteiger partial charge in [-0.1, -0.05) is 48.0 Å². The van der Waals surface area contributed by atoms with E-state index in [1.165, 1.54) is 25.0 Å². The SMILES string of the molecule is CC[C@H]1OC(=O)[C@H](C)[C@@H](OC2CC(C)(OC)C(OC(=O)NCCCCCC(=O)NC[C@H]3CN(c4ccc(N5CCOCC5)c(F)c4)C(=O)O3)C(C)O2)[C@H](C)[C@@H](OC2OC(C)CC(C)C2O)[C@](C)(O)C[C@@H](C)[C@H](C)[C@H](C)[C@@H](O)[C@]1(C)O.[Ac]. The molecule has 23 heteroatoms. The molecule has 5 aliphatic rings. The fourth-order valence-corrected chi connectivity index (χ4v) is 12.5. The van der Waals surface area contributed by atoms with Gasteiger partial charge in [-0.25, -0.2) is 14.0 Å². The summed E-state index contributed by atoms with van der Waals surface area (Å²) in [5.74, 6) is -4.46. The summed E-state index contributed by atoms with van der Waals surface area (Å²) in [4.78, 5) is 56.5. The number of benzene rings is 1. The smallest absolute Gasteiger partial charge is 0.414 e. The number of methoxy groups -OCH3 is 1. The maximum Gasteiger partial charge on any atom is 0.414 e. The van der Waals surface area contributed by atoms with Crippen LogP contribution in [0.5, 0.6) is 0 Å². The normalized spacial score (nSPS) is 39.2. The molecule has 6 rings (SSSR count). The molecule has 1 aromatic rings.